The zero-order chi connectivity index (χ0) is 14.8. The van der Waals surface area contributed by atoms with Crippen molar-refractivity contribution in [3.05, 3.63) is 53.9 Å². The maximum absolute atomic E-state index is 5.99. The molecule has 2 aliphatic rings. The van der Waals surface area contributed by atoms with Gasteiger partial charge in [0.1, 0.15) is 0 Å². The number of hydrogen-bond acceptors (Lipinski definition) is 4. The van der Waals surface area contributed by atoms with Gasteiger partial charge in [-0.15, -0.1) is 5.10 Å². The average molecular weight is 296 g/mol. The van der Waals surface area contributed by atoms with Gasteiger partial charge in [-0.25, -0.2) is 4.68 Å². The van der Waals surface area contributed by atoms with Crippen LogP contribution in [0.25, 0.3) is 6.08 Å². The van der Waals surface area contributed by atoms with Gasteiger partial charge in [-0.3, -0.25) is 4.90 Å². The summed E-state index contributed by atoms with van der Waals surface area (Å²) in [6.07, 6.45) is 7.53. The van der Waals surface area contributed by atoms with E-state index in [1.807, 2.05) is 12.3 Å². The number of hydrogen-bond donors (Lipinski definition) is 0. The molecule has 0 N–H and O–H groups in total. The summed E-state index contributed by atoms with van der Waals surface area (Å²) >= 11 is 0. The van der Waals surface area contributed by atoms with Crippen molar-refractivity contribution in [2.24, 2.45) is 0 Å². The number of nitrogens with zero attached hydrogens (tertiary/aromatic N) is 4. The van der Waals surface area contributed by atoms with E-state index in [-0.39, 0.29) is 6.10 Å². The molecule has 2 aliphatic heterocycles. The normalized spacial score (nSPS) is 25.1. The number of fused-ring (bicyclic) bond motifs is 3. The Balaban J connectivity index is 1.36. The number of likely N-dealkylation sites (tertiary alicyclic amines) is 1. The Morgan fingerprint density at radius 2 is 2.18 bits per heavy atom. The minimum absolute atomic E-state index is 0.230. The summed E-state index contributed by atoms with van der Waals surface area (Å²) < 4.78 is 8.06. The van der Waals surface area contributed by atoms with Gasteiger partial charge in [-0.2, -0.15) is 0 Å². The van der Waals surface area contributed by atoms with Gasteiger partial charge in [0.15, 0.2) is 0 Å². The first kappa shape index (κ1) is 13.7. The molecule has 2 aromatic rings. The molecular formula is C17H20N4O. The molecule has 2 atom stereocenters. The third-order valence-corrected chi connectivity index (χ3v) is 4.49. The molecule has 0 spiro atoms. The number of ether oxygens (including phenoxy) is 1. The lowest BCUT2D eigenvalue weighted by atomic mass is 10.00. The SMILES string of the molecule is C(=Cc1ccccc1)CN1CC[C@H]2[C@H](C1)OCc1cnnn12. The minimum atomic E-state index is 0.230. The lowest BCUT2D eigenvalue weighted by Crippen LogP contribution is -2.48. The molecule has 3 heterocycles. The quantitative estimate of drug-likeness (QED) is 0.870. The standard InChI is InChI=1S/C17H20N4O/c1-2-5-14(6-3-1)7-4-9-20-10-8-16-17(12-20)22-13-15-11-18-19-21(15)16/h1-7,11,16-17H,8-10,12-13H2/t16-,17-/m0/s1. The molecule has 1 aromatic heterocycles. The van der Waals surface area contributed by atoms with Gasteiger partial charge >= 0.3 is 0 Å². The first-order valence-corrected chi connectivity index (χ1v) is 7.85. The molecule has 1 fully saturated rings. The second kappa shape index (κ2) is 6.02. The number of aromatic nitrogens is 3. The summed E-state index contributed by atoms with van der Waals surface area (Å²) in [5, 5.41) is 8.23. The van der Waals surface area contributed by atoms with Crippen molar-refractivity contribution in [2.75, 3.05) is 19.6 Å². The Bertz CT molecular complexity index is 652. The summed E-state index contributed by atoms with van der Waals surface area (Å²) in [6.45, 7) is 3.62. The van der Waals surface area contributed by atoms with Crippen LogP contribution in [0.2, 0.25) is 0 Å². The van der Waals surface area contributed by atoms with Crippen molar-refractivity contribution in [2.45, 2.75) is 25.2 Å². The molecule has 0 bridgehead atoms. The molecule has 0 saturated carbocycles. The van der Waals surface area contributed by atoms with Crippen molar-refractivity contribution in [3.8, 4) is 0 Å². The van der Waals surface area contributed by atoms with E-state index >= 15 is 0 Å². The Morgan fingerprint density at radius 3 is 3.09 bits per heavy atom. The van der Waals surface area contributed by atoms with Crippen LogP contribution in [0.5, 0.6) is 0 Å². The highest BCUT2D eigenvalue weighted by atomic mass is 16.5. The highest BCUT2D eigenvalue weighted by molar-refractivity contribution is 5.48. The Morgan fingerprint density at radius 1 is 1.27 bits per heavy atom. The third-order valence-electron chi connectivity index (χ3n) is 4.49. The molecule has 5 nitrogen and oxygen atoms in total. The monoisotopic (exact) mass is 296 g/mol. The maximum Gasteiger partial charge on any atom is 0.0932 e. The van der Waals surface area contributed by atoms with Crippen molar-refractivity contribution >= 4 is 6.08 Å². The van der Waals surface area contributed by atoms with Gasteiger partial charge in [-0.1, -0.05) is 47.7 Å². The molecule has 114 valence electrons. The topological polar surface area (TPSA) is 43.2 Å². The van der Waals surface area contributed by atoms with Crippen LogP contribution in [0.1, 0.15) is 23.7 Å². The van der Waals surface area contributed by atoms with E-state index in [0.717, 1.165) is 31.7 Å². The molecule has 4 rings (SSSR count). The molecule has 22 heavy (non-hydrogen) atoms. The zero-order valence-corrected chi connectivity index (χ0v) is 12.5. The average Bonchev–Trinajstić information content (AvgIpc) is 3.04. The number of piperidine rings is 1. The van der Waals surface area contributed by atoms with E-state index in [9.17, 15) is 0 Å². The van der Waals surface area contributed by atoms with Gasteiger partial charge in [0.05, 0.1) is 30.6 Å². The van der Waals surface area contributed by atoms with Crippen molar-refractivity contribution in [1.82, 2.24) is 19.9 Å². The third kappa shape index (κ3) is 2.69. The second-order valence-electron chi connectivity index (χ2n) is 5.95. The molecule has 0 aliphatic carbocycles. The molecule has 1 aromatic carbocycles. The van der Waals surface area contributed by atoms with Gasteiger partial charge in [0, 0.05) is 19.6 Å². The van der Waals surface area contributed by atoms with Crippen LogP contribution in [0.4, 0.5) is 0 Å². The van der Waals surface area contributed by atoms with E-state index in [1.165, 1.54) is 5.56 Å². The molecular weight excluding hydrogens is 276 g/mol. The van der Waals surface area contributed by atoms with Crippen LogP contribution in [0.3, 0.4) is 0 Å². The number of rotatable bonds is 3. The number of benzene rings is 1. The summed E-state index contributed by atoms with van der Waals surface area (Å²) in [5.41, 5.74) is 2.34. The lowest BCUT2D eigenvalue weighted by molar-refractivity contribution is -0.0667. The van der Waals surface area contributed by atoms with E-state index < -0.39 is 0 Å². The molecule has 0 radical (unpaired) electrons. The maximum atomic E-state index is 5.99. The largest absolute Gasteiger partial charge is 0.368 e. The van der Waals surface area contributed by atoms with Crippen molar-refractivity contribution < 1.29 is 4.74 Å². The Labute approximate surface area is 130 Å². The summed E-state index contributed by atoms with van der Waals surface area (Å²) in [6, 6.07) is 10.8. The second-order valence-corrected chi connectivity index (χ2v) is 5.95. The fraction of sp³-hybridized carbons (Fsp3) is 0.412. The van der Waals surface area contributed by atoms with Gasteiger partial charge in [0.25, 0.3) is 0 Å². The van der Waals surface area contributed by atoms with E-state index in [1.54, 1.807) is 0 Å². The van der Waals surface area contributed by atoms with E-state index in [4.69, 9.17) is 4.74 Å². The highest BCUT2D eigenvalue weighted by Crippen LogP contribution is 2.30. The zero-order valence-electron chi connectivity index (χ0n) is 12.5. The van der Waals surface area contributed by atoms with Crippen LogP contribution in [-0.2, 0) is 11.3 Å². The molecule has 0 amide bonds. The van der Waals surface area contributed by atoms with Crippen molar-refractivity contribution in [3.63, 3.8) is 0 Å². The molecule has 5 heteroatoms. The lowest BCUT2D eigenvalue weighted by Gasteiger charge is -2.40. The van der Waals surface area contributed by atoms with E-state index in [2.05, 4.69) is 56.3 Å². The minimum Gasteiger partial charge on any atom is -0.368 e. The summed E-state index contributed by atoms with van der Waals surface area (Å²) in [7, 11) is 0. The smallest absolute Gasteiger partial charge is 0.0932 e. The van der Waals surface area contributed by atoms with Gasteiger partial charge in [0.2, 0.25) is 0 Å². The van der Waals surface area contributed by atoms with Crippen LogP contribution in [0, 0.1) is 0 Å². The van der Waals surface area contributed by atoms with Crippen LogP contribution in [0.15, 0.2) is 42.6 Å². The summed E-state index contributed by atoms with van der Waals surface area (Å²) in [4.78, 5) is 2.45. The summed E-state index contributed by atoms with van der Waals surface area (Å²) in [5.74, 6) is 0. The predicted molar refractivity (Wildman–Crippen MR) is 84.2 cm³/mol. The Hall–Kier alpha value is -1.98. The fourth-order valence-corrected chi connectivity index (χ4v) is 3.32. The van der Waals surface area contributed by atoms with Crippen molar-refractivity contribution in [1.29, 1.82) is 0 Å². The van der Waals surface area contributed by atoms with Gasteiger partial charge < -0.3 is 4.74 Å². The van der Waals surface area contributed by atoms with Crippen LogP contribution >= 0.6 is 0 Å². The Kier molecular flexibility index (Phi) is 3.74. The van der Waals surface area contributed by atoms with Crippen LogP contribution in [-0.4, -0.2) is 45.6 Å². The highest BCUT2D eigenvalue weighted by Gasteiger charge is 2.35. The fourth-order valence-electron chi connectivity index (χ4n) is 3.32. The molecule has 1 saturated heterocycles. The van der Waals surface area contributed by atoms with E-state index in [0.29, 0.717) is 12.6 Å². The molecule has 0 unspecified atom stereocenters. The predicted octanol–water partition coefficient (Wildman–Crippen LogP) is 2.14. The first-order valence-electron chi connectivity index (χ1n) is 7.85. The van der Waals surface area contributed by atoms with Gasteiger partial charge in [-0.05, 0) is 12.0 Å². The van der Waals surface area contributed by atoms with Crippen LogP contribution < -0.4 is 0 Å². The first-order chi connectivity index (χ1) is 10.9.